The quantitative estimate of drug-likeness (QED) is 0.705. The first-order valence-electron chi connectivity index (χ1n) is 7.47. The smallest absolute Gasteiger partial charge is 0.122 e. The third kappa shape index (κ3) is 5.39. The van der Waals surface area contributed by atoms with Gasteiger partial charge in [-0.3, -0.25) is 0 Å². The number of nitrogens with one attached hydrogen (secondary N) is 1. The molecule has 1 fully saturated rings. The Morgan fingerprint density at radius 3 is 3.00 bits per heavy atom. The highest BCUT2D eigenvalue weighted by Crippen LogP contribution is 2.18. The van der Waals surface area contributed by atoms with Crippen molar-refractivity contribution in [1.29, 1.82) is 0 Å². The van der Waals surface area contributed by atoms with Crippen LogP contribution in [0.25, 0.3) is 0 Å². The highest BCUT2D eigenvalue weighted by molar-refractivity contribution is 5.32. The lowest BCUT2D eigenvalue weighted by Crippen LogP contribution is -2.27. The molecule has 1 aliphatic rings. The van der Waals surface area contributed by atoms with Crippen molar-refractivity contribution < 1.29 is 14.2 Å². The SMILES string of the molecule is COc1cccc(OCCCCNCC2CCCO2)c1. The van der Waals surface area contributed by atoms with Crippen molar-refractivity contribution in [2.45, 2.75) is 31.8 Å². The predicted molar refractivity (Wildman–Crippen MR) is 79.6 cm³/mol. The predicted octanol–water partition coefficient (Wildman–Crippen LogP) is 2.62. The summed E-state index contributed by atoms with van der Waals surface area (Å²) in [7, 11) is 1.67. The molecule has 112 valence electrons. The highest BCUT2D eigenvalue weighted by Gasteiger charge is 2.13. The van der Waals surface area contributed by atoms with Crippen molar-refractivity contribution in [3.63, 3.8) is 0 Å². The van der Waals surface area contributed by atoms with Crippen LogP contribution in [0.3, 0.4) is 0 Å². The lowest BCUT2D eigenvalue weighted by Gasteiger charge is -2.11. The Bertz CT molecular complexity index is 378. The van der Waals surface area contributed by atoms with Gasteiger partial charge < -0.3 is 19.5 Å². The van der Waals surface area contributed by atoms with E-state index in [4.69, 9.17) is 14.2 Å². The zero-order valence-corrected chi connectivity index (χ0v) is 12.3. The number of unbranched alkanes of at least 4 members (excludes halogenated alkanes) is 1. The molecule has 1 aromatic carbocycles. The molecule has 0 aliphatic carbocycles. The first-order valence-corrected chi connectivity index (χ1v) is 7.47. The topological polar surface area (TPSA) is 39.7 Å². The summed E-state index contributed by atoms with van der Waals surface area (Å²) in [5.74, 6) is 1.71. The monoisotopic (exact) mass is 279 g/mol. The average molecular weight is 279 g/mol. The Labute approximate surface area is 121 Å². The second-order valence-electron chi connectivity index (χ2n) is 5.07. The van der Waals surface area contributed by atoms with Crippen LogP contribution in [0.4, 0.5) is 0 Å². The highest BCUT2D eigenvalue weighted by atomic mass is 16.5. The van der Waals surface area contributed by atoms with Crippen molar-refractivity contribution in [3.8, 4) is 11.5 Å². The minimum Gasteiger partial charge on any atom is -0.497 e. The van der Waals surface area contributed by atoms with E-state index in [1.807, 2.05) is 24.3 Å². The third-order valence-electron chi connectivity index (χ3n) is 3.45. The molecule has 4 heteroatoms. The summed E-state index contributed by atoms with van der Waals surface area (Å²) in [5.41, 5.74) is 0. The summed E-state index contributed by atoms with van der Waals surface area (Å²) < 4.78 is 16.4. The maximum absolute atomic E-state index is 5.70. The van der Waals surface area contributed by atoms with Gasteiger partial charge >= 0.3 is 0 Å². The summed E-state index contributed by atoms with van der Waals surface area (Å²) in [5, 5.41) is 3.44. The van der Waals surface area contributed by atoms with Crippen LogP contribution < -0.4 is 14.8 Å². The molecular weight excluding hydrogens is 254 g/mol. The summed E-state index contributed by atoms with van der Waals surface area (Å²) in [6, 6.07) is 7.73. The Morgan fingerprint density at radius 2 is 2.20 bits per heavy atom. The number of hydrogen-bond donors (Lipinski definition) is 1. The van der Waals surface area contributed by atoms with Crippen molar-refractivity contribution >= 4 is 0 Å². The Morgan fingerprint density at radius 1 is 1.30 bits per heavy atom. The molecular formula is C16H25NO3. The number of methoxy groups -OCH3 is 1. The van der Waals surface area contributed by atoms with E-state index in [-0.39, 0.29) is 0 Å². The van der Waals surface area contributed by atoms with Crippen LogP contribution in [-0.2, 0) is 4.74 Å². The van der Waals surface area contributed by atoms with E-state index in [0.717, 1.165) is 50.6 Å². The molecule has 0 spiro atoms. The first-order chi connectivity index (χ1) is 9.88. The third-order valence-corrected chi connectivity index (χ3v) is 3.45. The molecule has 4 nitrogen and oxygen atoms in total. The molecule has 1 heterocycles. The molecule has 0 radical (unpaired) electrons. The largest absolute Gasteiger partial charge is 0.497 e. The fraction of sp³-hybridized carbons (Fsp3) is 0.625. The van der Waals surface area contributed by atoms with Crippen LogP contribution in [0.5, 0.6) is 11.5 Å². The van der Waals surface area contributed by atoms with Crippen LogP contribution in [0.2, 0.25) is 0 Å². The first kappa shape index (κ1) is 15.1. The van der Waals surface area contributed by atoms with E-state index in [1.165, 1.54) is 12.8 Å². The minimum absolute atomic E-state index is 0.433. The van der Waals surface area contributed by atoms with E-state index in [1.54, 1.807) is 7.11 Å². The average Bonchev–Trinajstić information content (AvgIpc) is 3.00. The van der Waals surface area contributed by atoms with E-state index < -0.39 is 0 Å². The van der Waals surface area contributed by atoms with Crippen LogP contribution in [0.1, 0.15) is 25.7 Å². The molecule has 1 unspecified atom stereocenters. The molecule has 0 amide bonds. The fourth-order valence-corrected chi connectivity index (χ4v) is 2.30. The number of hydrogen-bond acceptors (Lipinski definition) is 4. The molecule has 1 atom stereocenters. The molecule has 20 heavy (non-hydrogen) atoms. The van der Waals surface area contributed by atoms with E-state index in [0.29, 0.717) is 6.10 Å². The van der Waals surface area contributed by atoms with E-state index in [2.05, 4.69) is 5.32 Å². The maximum Gasteiger partial charge on any atom is 0.122 e. The van der Waals surface area contributed by atoms with Crippen LogP contribution >= 0.6 is 0 Å². The van der Waals surface area contributed by atoms with E-state index >= 15 is 0 Å². The summed E-state index contributed by atoms with van der Waals surface area (Å²) >= 11 is 0. The van der Waals surface area contributed by atoms with Crippen LogP contribution in [0, 0.1) is 0 Å². The van der Waals surface area contributed by atoms with Crippen molar-refractivity contribution in [2.75, 3.05) is 33.4 Å². The summed E-state index contributed by atoms with van der Waals surface area (Å²) in [4.78, 5) is 0. The molecule has 2 rings (SSSR count). The second kappa shape index (κ2) is 8.82. The molecule has 1 aromatic rings. The second-order valence-corrected chi connectivity index (χ2v) is 5.07. The summed E-state index contributed by atoms with van der Waals surface area (Å²) in [6.45, 7) is 3.69. The lowest BCUT2D eigenvalue weighted by atomic mass is 10.2. The summed E-state index contributed by atoms with van der Waals surface area (Å²) in [6.07, 6.45) is 5.02. The van der Waals surface area contributed by atoms with Gasteiger partial charge in [-0.1, -0.05) is 6.07 Å². The van der Waals surface area contributed by atoms with Gasteiger partial charge in [0, 0.05) is 19.2 Å². The number of rotatable bonds is 9. The van der Waals surface area contributed by atoms with Gasteiger partial charge in [0.1, 0.15) is 11.5 Å². The molecule has 1 N–H and O–H groups in total. The fourth-order valence-electron chi connectivity index (χ4n) is 2.30. The maximum atomic E-state index is 5.70. The molecule has 0 bridgehead atoms. The zero-order valence-electron chi connectivity index (χ0n) is 12.3. The van der Waals surface area contributed by atoms with Gasteiger partial charge in [0.15, 0.2) is 0 Å². The molecule has 1 saturated heterocycles. The van der Waals surface area contributed by atoms with Crippen molar-refractivity contribution in [3.05, 3.63) is 24.3 Å². The molecule has 1 aliphatic heterocycles. The number of benzene rings is 1. The van der Waals surface area contributed by atoms with Gasteiger partial charge in [0.05, 0.1) is 19.8 Å². The standard InChI is InChI=1S/C16H25NO3/c1-18-14-6-4-7-15(12-14)19-10-3-2-9-17-13-16-8-5-11-20-16/h4,6-7,12,16-17H,2-3,5,8-11,13H2,1H3. The molecule has 0 saturated carbocycles. The Balaban J connectivity index is 1.48. The van der Waals surface area contributed by atoms with Crippen molar-refractivity contribution in [2.24, 2.45) is 0 Å². The van der Waals surface area contributed by atoms with Crippen LogP contribution in [-0.4, -0.2) is 39.5 Å². The van der Waals surface area contributed by atoms with E-state index in [9.17, 15) is 0 Å². The Kier molecular flexibility index (Phi) is 6.68. The van der Waals surface area contributed by atoms with Gasteiger partial charge in [-0.2, -0.15) is 0 Å². The normalized spacial score (nSPS) is 18.1. The van der Waals surface area contributed by atoms with Gasteiger partial charge in [-0.05, 0) is 44.4 Å². The molecule has 0 aromatic heterocycles. The van der Waals surface area contributed by atoms with Crippen molar-refractivity contribution in [1.82, 2.24) is 5.32 Å². The van der Waals surface area contributed by atoms with Gasteiger partial charge in [0.2, 0.25) is 0 Å². The van der Waals surface area contributed by atoms with Crippen LogP contribution in [0.15, 0.2) is 24.3 Å². The van der Waals surface area contributed by atoms with Gasteiger partial charge in [-0.25, -0.2) is 0 Å². The van der Waals surface area contributed by atoms with Gasteiger partial charge in [-0.15, -0.1) is 0 Å². The number of ether oxygens (including phenoxy) is 3. The lowest BCUT2D eigenvalue weighted by molar-refractivity contribution is 0.110. The van der Waals surface area contributed by atoms with Gasteiger partial charge in [0.25, 0.3) is 0 Å². The minimum atomic E-state index is 0.433. The Hall–Kier alpha value is -1.26. The zero-order chi connectivity index (χ0) is 14.0.